The Labute approximate surface area is 113 Å². The normalized spacial score (nSPS) is 25.2. The van der Waals surface area contributed by atoms with E-state index >= 15 is 0 Å². The summed E-state index contributed by atoms with van der Waals surface area (Å²) in [5.41, 5.74) is 0. The van der Waals surface area contributed by atoms with Crippen molar-refractivity contribution in [1.29, 1.82) is 0 Å². The van der Waals surface area contributed by atoms with Crippen LogP contribution in [0.3, 0.4) is 0 Å². The Morgan fingerprint density at radius 1 is 1.37 bits per heavy atom. The van der Waals surface area contributed by atoms with E-state index in [-0.39, 0.29) is 10.8 Å². The lowest BCUT2D eigenvalue weighted by atomic mass is 9.99. The number of sulfonamides is 1. The van der Waals surface area contributed by atoms with Gasteiger partial charge in [0.2, 0.25) is 10.0 Å². The molecule has 1 heterocycles. The maximum atomic E-state index is 12.6. The summed E-state index contributed by atoms with van der Waals surface area (Å²) in [6.45, 7) is 2.53. The van der Waals surface area contributed by atoms with Crippen LogP contribution in [-0.2, 0) is 10.0 Å². The third kappa shape index (κ3) is 2.75. The number of ether oxygens (including phenoxy) is 1. The Morgan fingerprint density at radius 2 is 2.05 bits per heavy atom. The lowest BCUT2D eigenvalue weighted by molar-refractivity contribution is 0.0628. The first-order chi connectivity index (χ1) is 8.96. The van der Waals surface area contributed by atoms with Crippen LogP contribution in [0.25, 0.3) is 0 Å². The topological polar surface area (TPSA) is 66.8 Å². The van der Waals surface area contributed by atoms with Gasteiger partial charge in [-0.1, -0.05) is 19.1 Å². The molecule has 106 valence electrons. The van der Waals surface area contributed by atoms with Crippen LogP contribution in [0.5, 0.6) is 5.75 Å². The zero-order valence-corrected chi connectivity index (χ0v) is 11.9. The van der Waals surface area contributed by atoms with Gasteiger partial charge in [0.15, 0.2) is 0 Å². The molecule has 1 saturated heterocycles. The SMILES string of the molecule is COc1ccccc1S(=O)(=O)N1CCC(O)C(C)C1. The average molecular weight is 285 g/mol. The van der Waals surface area contributed by atoms with E-state index in [0.717, 1.165) is 0 Å². The Morgan fingerprint density at radius 3 is 2.68 bits per heavy atom. The summed E-state index contributed by atoms with van der Waals surface area (Å²) in [5, 5.41) is 9.69. The average Bonchev–Trinajstić information content (AvgIpc) is 2.41. The molecule has 1 aliphatic heterocycles. The number of hydrogen-bond acceptors (Lipinski definition) is 4. The highest BCUT2D eigenvalue weighted by Gasteiger charge is 2.33. The highest BCUT2D eigenvalue weighted by Crippen LogP contribution is 2.29. The van der Waals surface area contributed by atoms with E-state index in [2.05, 4.69) is 0 Å². The fourth-order valence-electron chi connectivity index (χ4n) is 2.28. The van der Waals surface area contributed by atoms with E-state index in [1.165, 1.54) is 11.4 Å². The van der Waals surface area contributed by atoms with Crippen molar-refractivity contribution in [3.8, 4) is 5.75 Å². The lowest BCUT2D eigenvalue weighted by Crippen LogP contribution is -2.44. The van der Waals surface area contributed by atoms with E-state index in [4.69, 9.17) is 4.74 Å². The van der Waals surface area contributed by atoms with Gasteiger partial charge < -0.3 is 9.84 Å². The molecule has 2 unspecified atom stereocenters. The molecular weight excluding hydrogens is 266 g/mol. The molecule has 1 fully saturated rings. The molecule has 0 aliphatic carbocycles. The van der Waals surface area contributed by atoms with Gasteiger partial charge in [0.05, 0.1) is 13.2 Å². The summed E-state index contributed by atoms with van der Waals surface area (Å²) in [4.78, 5) is 0.182. The van der Waals surface area contributed by atoms with Gasteiger partial charge in [-0.05, 0) is 24.5 Å². The fourth-order valence-corrected chi connectivity index (χ4v) is 4.00. The molecule has 0 spiro atoms. The number of benzene rings is 1. The van der Waals surface area contributed by atoms with Crippen molar-refractivity contribution in [3.63, 3.8) is 0 Å². The van der Waals surface area contributed by atoms with Crippen LogP contribution in [0.1, 0.15) is 13.3 Å². The number of methoxy groups -OCH3 is 1. The highest BCUT2D eigenvalue weighted by atomic mass is 32.2. The third-order valence-corrected chi connectivity index (χ3v) is 5.41. The molecule has 5 nitrogen and oxygen atoms in total. The van der Waals surface area contributed by atoms with Crippen molar-refractivity contribution in [2.75, 3.05) is 20.2 Å². The lowest BCUT2D eigenvalue weighted by Gasteiger charge is -2.33. The number of piperidine rings is 1. The zero-order valence-electron chi connectivity index (χ0n) is 11.1. The first kappa shape index (κ1) is 14.3. The van der Waals surface area contributed by atoms with Crippen LogP contribution in [0.15, 0.2) is 29.2 Å². The Bertz CT molecular complexity index is 543. The maximum absolute atomic E-state index is 12.6. The van der Waals surface area contributed by atoms with Crippen LogP contribution in [0.2, 0.25) is 0 Å². The smallest absolute Gasteiger partial charge is 0.246 e. The van der Waals surface area contributed by atoms with E-state index in [1.807, 2.05) is 6.92 Å². The third-order valence-electron chi connectivity index (χ3n) is 3.51. The van der Waals surface area contributed by atoms with Gasteiger partial charge in [-0.3, -0.25) is 0 Å². The molecule has 0 bridgehead atoms. The Hall–Kier alpha value is -1.11. The summed E-state index contributed by atoms with van der Waals surface area (Å²) in [6, 6.07) is 6.59. The molecule has 0 amide bonds. The van der Waals surface area contributed by atoms with Crippen LogP contribution in [-0.4, -0.2) is 44.1 Å². The molecule has 2 atom stereocenters. The van der Waals surface area contributed by atoms with Crippen molar-refractivity contribution in [2.24, 2.45) is 5.92 Å². The van der Waals surface area contributed by atoms with E-state index < -0.39 is 16.1 Å². The second-order valence-corrected chi connectivity index (χ2v) is 6.75. The molecule has 1 aromatic rings. The van der Waals surface area contributed by atoms with Crippen LogP contribution >= 0.6 is 0 Å². The number of hydrogen-bond donors (Lipinski definition) is 1. The van der Waals surface area contributed by atoms with E-state index in [9.17, 15) is 13.5 Å². The quantitative estimate of drug-likeness (QED) is 0.902. The number of nitrogens with zero attached hydrogens (tertiary/aromatic N) is 1. The van der Waals surface area contributed by atoms with E-state index in [1.54, 1.807) is 24.3 Å². The Kier molecular flexibility index (Phi) is 4.13. The fraction of sp³-hybridized carbons (Fsp3) is 0.538. The summed E-state index contributed by atoms with van der Waals surface area (Å²) in [5.74, 6) is 0.291. The molecule has 6 heteroatoms. The van der Waals surface area contributed by atoms with Gasteiger partial charge in [0.1, 0.15) is 10.6 Å². The van der Waals surface area contributed by atoms with Gasteiger partial charge in [0.25, 0.3) is 0 Å². The number of rotatable bonds is 3. The predicted molar refractivity (Wildman–Crippen MR) is 71.5 cm³/mol. The van der Waals surface area contributed by atoms with Crippen molar-refractivity contribution >= 4 is 10.0 Å². The van der Waals surface area contributed by atoms with Gasteiger partial charge in [0, 0.05) is 13.1 Å². The number of para-hydroxylation sites is 1. The Balaban J connectivity index is 2.32. The molecular formula is C13H19NO4S. The first-order valence-corrected chi connectivity index (χ1v) is 7.72. The highest BCUT2D eigenvalue weighted by molar-refractivity contribution is 7.89. The van der Waals surface area contributed by atoms with Crippen LogP contribution in [0.4, 0.5) is 0 Å². The van der Waals surface area contributed by atoms with Crippen molar-refractivity contribution < 1.29 is 18.3 Å². The largest absolute Gasteiger partial charge is 0.495 e. The minimum atomic E-state index is -3.56. The molecule has 0 saturated carbocycles. The summed E-state index contributed by atoms with van der Waals surface area (Å²) >= 11 is 0. The summed E-state index contributed by atoms with van der Waals surface area (Å²) in [7, 11) is -2.11. The summed E-state index contributed by atoms with van der Waals surface area (Å²) < 4.78 is 31.7. The molecule has 19 heavy (non-hydrogen) atoms. The van der Waals surface area contributed by atoms with Crippen molar-refractivity contribution in [1.82, 2.24) is 4.31 Å². The number of aliphatic hydroxyl groups excluding tert-OH is 1. The summed E-state index contributed by atoms with van der Waals surface area (Å²) in [6.07, 6.45) is 0.0411. The molecule has 0 radical (unpaired) electrons. The van der Waals surface area contributed by atoms with Crippen molar-refractivity contribution in [2.45, 2.75) is 24.3 Å². The molecule has 1 aliphatic rings. The van der Waals surface area contributed by atoms with Crippen LogP contribution in [0, 0.1) is 5.92 Å². The van der Waals surface area contributed by atoms with Gasteiger partial charge in [-0.25, -0.2) is 8.42 Å². The maximum Gasteiger partial charge on any atom is 0.246 e. The molecule has 0 aromatic heterocycles. The first-order valence-electron chi connectivity index (χ1n) is 6.28. The predicted octanol–water partition coefficient (Wildman–Crippen LogP) is 1.09. The molecule has 1 aromatic carbocycles. The second-order valence-electron chi connectivity index (χ2n) is 4.85. The second kappa shape index (κ2) is 5.48. The standard InChI is InChI=1S/C13H19NO4S/c1-10-9-14(8-7-11(10)15)19(16,17)13-6-4-3-5-12(13)18-2/h3-6,10-11,15H,7-9H2,1-2H3. The zero-order chi connectivity index (χ0) is 14.0. The monoisotopic (exact) mass is 285 g/mol. The van der Waals surface area contributed by atoms with Gasteiger partial charge >= 0.3 is 0 Å². The van der Waals surface area contributed by atoms with Crippen LogP contribution < -0.4 is 4.74 Å². The van der Waals surface area contributed by atoms with Gasteiger partial charge in [-0.2, -0.15) is 4.31 Å². The van der Waals surface area contributed by atoms with E-state index in [0.29, 0.717) is 25.3 Å². The van der Waals surface area contributed by atoms with Gasteiger partial charge in [-0.15, -0.1) is 0 Å². The minimum absolute atomic E-state index is 0.0572. The number of aliphatic hydroxyl groups is 1. The van der Waals surface area contributed by atoms with Crippen molar-refractivity contribution in [3.05, 3.63) is 24.3 Å². The molecule has 2 rings (SSSR count). The minimum Gasteiger partial charge on any atom is -0.495 e. The molecule has 1 N–H and O–H groups in total.